The summed E-state index contributed by atoms with van der Waals surface area (Å²) >= 11 is 0. The minimum absolute atomic E-state index is 0.136. The molecular formula is C12H13F9O3. The number of esters is 1. The highest BCUT2D eigenvalue weighted by molar-refractivity contribution is 5.87. The third-order valence-electron chi connectivity index (χ3n) is 2.71. The Morgan fingerprint density at radius 1 is 0.917 bits per heavy atom. The normalized spacial score (nSPS) is 14.7. The fraction of sp³-hybridized carbons (Fsp3) is 0.750. The smallest absolute Gasteiger partial charge is 0.460 e. The van der Waals surface area contributed by atoms with Crippen molar-refractivity contribution >= 4 is 5.97 Å². The summed E-state index contributed by atoms with van der Waals surface area (Å²) in [6.45, 7) is -1.20. The maximum absolute atomic E-state index is 13.0. The van der Waals surface area contributed by atoms with Crippen molar-refractivity contribution in [3.05, 3.63) is 11.6 Å². The topological polar surface area (TPSA) is 35.5 Å². The lowest BCUT2D eigenvalue weighted by atomic mass is 10.0. The predicted molar refractivity (Wildman–Crippen MR) is 62.1 cm³/mol. The van der Waals surface area contributed by atoms with Crippen LogP contribution in [0.15, 0.2) is 11.6 Å². The van der Waals surface area contributed by atoms with E-state index in [1.165, 1.54) is 19.9 Å². The van der Waals surface area contributed by atoms with Crippen molar-refractivity contribution in [2.45, 2.75) is 37.8 Å². The van der Waals surface area contributed by atoms with Gasteiger partial charge in [0.1, 0.15) is 13.2 Å². The van der Waals surface area contributed by atoms with Crippen LogP contribution >= 0.6 is 0 Å². The van der Waals surface area contributed by atoms with Gasteiger partial charge in [0.2, 0.25) is 0 Å². The van der Waals surface area contributed by atoms with Crippen LogP contribution in [-0.4, -0.2) is 49.7 Å². The lowest BCUT2D eigenvalue weighted by Crippen LogP contribution is -2.62. The zero-order valence-corrected chi connectivity index (χ0v) is 12.3. The monoisotopic (exact) mass is 376 g/mol. The molecule has 0 saturated heterocycles. The first-order chi connectivity index (χ1) is 10.6. The van der Waals surface area contributed by atoms with E-state index in [-0.39, 0.29) is 5.57 Å². The fourth-order valence-electron chi connectivity index (χ4n) is 1.12. The van der Waals surface area contributed by atoms with Gasteiger partial charge in [0.25, 0.3) is 0 Å². The van der Waals surface area contributed by atoms with Crippen molar-refractivity contribution in [2.75, 3.05) is 19.8 Å². The van der Waals surface area contributed by atoms with Crippen LogP contribution in [0, 0.1) is 0 Å². The van der Waals surface area contributed by atoms with E-state index in [9.17, 15) is 44.3 Å². The van der Waals surface area contributed by atoms with E-state index in [4.69, 9.17) is 0 Å². The molecule has 0 rings (SSSR count). The highest BCUT2D eigenvalue weighted by Crippen LogP contribution is 2.52. The van der Waals surface area contributed by atoms with E-state index in [0.29, 0.717) is 0 Å². The Morgan fingerprint density at radius 3 is 1.83 bits per heavy atom. The maximum Gasteiger partial charge on any atom is 0.460 e. The number of hydrogen-bond acceptors (Lipinski definition) is 3. The zero-order chi connectivity index (χ0) is 19.4. The van der Waals surface area contributed by atoms with Crippen molar-refractivity contribution in [1.29, 1.82) is 0 Å². The Balaban J connectivity index is 4.67. The molecule has 0 unspecified atom stereocenters. The Morgan fingerprint density at radius 2 is 1.42 bits per heavy atom. The summed E-state index contributed by atoms with van der Waals surface area (Å²) < 4.78 is 121. The Labute approximate surface area is 130 Å². The molecule has 0 aromatic rings. The summed E-state index contributed by atoms with van der Waals surface area (Å²) in [6.07, 6.45) is -5.53. The second-order valence-electron chi connectivity index (χ2n) is 4.51. The van der Waals surface area contributed by atoms with Crippen LogP contribution in [0.4, 0.5) is 39.5 Å². The Hall–Kier alpha value is -1.46. The van der Waals surface area contributed by atoms with Crippen LogP contribution in [0.5, 0.6) is 0 Å². The zero-order valence-electron chi connectivity index (χ0n) is 12.3. The van der Waals surface area contributed by atoms with E-state index in [1.54, 1.807) is 0 Å². The van der Waals surface area contributed by atoms with E-state index in [2.05, 4.69) is 9.47 Å². The molecule has 0 heterocycles. The van der Waals surface area contributed by atoms with Crippen molar-refractivity contribution < 1.29 is 53.8 Å². The molecule has 0 aliphatic carbocycles. The molecule has 0 fully saturated rings. The molecule has 0 spiro atoms. The second kappa shape index (κ2) is 7.62. The summed E-state index contributed by atoms with van der Waals surface area (Å²) in [7, 11) is 0. The van der Waals surface area contributed by atoms with Gasteiger partial charge in [-0.25, -0.2) is 4.79 Å². The molecule has 0 atom stereocenters. The fourth-order valence-corrected chi connectivity index (χ4v) is 1.12. The SMILES string of the molecule is CC=C(C)C(=O)OCCOCC(F)(F)C(F)(F)C(F)(F)C(F)(F)F. The van der Waals surface area contributed by atoms with Crippen LogP contribution < -0.4 is 0 Å². The van der Waals surface area contributed by atoms with Gasteiger partial charge in [-0.05, 0) is 13.8 Å². The van der Waals surface area contributed by atoms with Gasteiger partial charge in [-0.2, -0.15) is 39.5 Å². The standard InChI is InChI=1S/C12H13F9O3/c1-3-7(2)8(22)24-5-4-23-6-9(13,14)10(15,16)11(17,18)12(19,20)21/h3H,4-6H2,1-2H3. The van der Waals surface area contributed by atoms with Crippen molar-refractivity contribution in [3.8, 4) is 0 Å². The number of hydrogen-bond donors (Lipinski definition) is 0. The largest absolute Gasteiger partial charge is 0.460 e. The molecule has 0 amide bonds. The molecule has 24 heavy (non-hydrogen) atoms. The number of halogens is 9. The van der Waals surface area contributed by atoms with E-state index < -0.39 is 49.7 Å². The predicted octanol–water partition coefficient (Wildman–Crippen LogP) is 3.98. The van der Waals surface area contributed by atoms with Gasteiger partial charge < -0.3 is 9.47 Å². The van der Waals surface area contributed by atoms with Crippen molar-refractivity contribution in [3.63, 3.8) is 0 Å². The molecular weight excluding hydrogens is 363 g/mol. The molecule has 12 heteroatoms. The van der Waals surface area contributed by atoms with Crippen molar-refractivity contribution in [1.82, 2.24) is 0 Å². The lowest BCUT2D eigenvalue weighted by Gasteiger charge is -2.33. The van der Waals surface area contributed by atoms with Gasteiger partial charge in [0.05, 0.1) is 6.61 Å². The minimum atomic E-state index is -6.96. The molecule has 0 aliphatic heterocycles. The highest BCUT2D eigenvalue weighted by Gasteiger charge is 2.81. The number of ether oxygens (including phenoxy) is 2. The van der Waals surface area contributed by atoms with Crippen molar-refractivity contribution in [2.24, 2.45) is 0 Å². The molecule has 0 aromatic carbocycles. The average molecular weight is 376 g/mol. The molecule has 0 bridgehead atoms. The van der Waals surface area contributed by atoms with Gasteiger partial charge in [-0.3, -0.25) is 0 Å². The molecule has 0 N–H and O–H groups in total. The van der Waals surface area contributed by atoms with Crippen LogP contribution in [0.1, 0.15) is 13.8 Å². The number of alkyl halides is 9. The summed E-state index contributed by atoms with van der Waals surface area (Å²) in [5, 5.41) is 0. The summed E-state index contributed by atoms with van der Waals surface area (Å²) in [5.74, 6) is -20.4. The first-order valence-corrected chi connectivity index (χ1v) is 6.19. The number of rotatable bonds is 8. The van der Waals surface area contributed by atoms with E-state index >= 15 is 0 Å². The van der Waals surface area contributed by atoms with Crippen LogP contribution in [0.3, 0.4) is 0 Å². The summed E-state index contributed by atoms with van der Waals surface area (Å²) in [5.41, 5.74) is 0.136. The van der Waals surface area contributed by atoms with Crippen LogP contribution in [-0.2, 0) is 14.3 Å². The molecule has 0 aliphatic rings. The van der Waals surface area contributed by atoms with Gasteiger partial charge in [-0.1, -0.05) is 6.08 Å². The Kier molecular flexibility index (Phi) is 7.15. The van der Waals surface area contributed by atoms with Gasteiger partial charge in [-0.15, -0.1) is 0 Å². The van der Waals surface area contributed by atoms with Crippen LogP contribution in [0.25, 0.3) is 0 Å². The third-order valence-corrected chi connectivity index (χ3v) is 2.71. The first kappa shape index (κ1) is 22.5. The van der Waals surface area contributed by atoms with Crippen LogP contribution in [0.2, 0.25) is 0 Å². The molecule has 0 saturated carbocycles. The third kappa shape index (κ3) is 4.77. The summed E-state index contributed by atoms with van der Waals surface area (Å²) in [6, 6.07) is 0. The summed E-state index contributed by atoms with van der Waals surface area (Å²) in [4.78, 5) is 11.1. The number of allylic oxidation sites excluding steroid dienone is 1. The average Bonchev–Trinajstić information content (AvgIpc) is 2.43. The Bertz CT molecular complexity index is 469. The minimum Gasteiger partial charge on any atom is -0.460 e. The maximum atomic E-state index is 13.0. The number of carbonyl (C=O) groups is 1. The van der Waals surface area contributed by atoms with E-state index in [0.717, 1.165) is 0 Å². The lowest BCUT2D eigenvalue weighted by molar-refractivity contribution is -0.399. The molecule has 0 aromatic heterocycles. The van der Waals surface area contributed by atoms with Gasteiger partial charge >= 0.3 is 29.9 Å². The highest BCUT2D eigenvalue weighted by atomic mass is 19.4. The quantitative estimate of drug-likeness (QED) is 0.278. The van der Waals surface area contributed by atoms with E-state index in [1.807, 2.05) is 0 Å². The molecule has 0 radical (unpaired) electrons. The molecule has 142 valence electrons. The molecule has 3 nitrogen and oxygen atoms in total. The van der Waals surface area contributed by atoms with Gasteiger partial charge in [0, 0.05) is 5.57 Å². The second-order valence-corrected chi connectivity index (χ2v) is 4.51. The number of carbonyl (C=O) groups excluding carboxylic acids is 1. The van der Waals surface area contributed by atoms with Gasteiger partial charge in [0.15, 0.2) is 0 Å². The first-order valence-electron chi connectivity index (χ1n) is 6.19.